The van der Waals surface area contributed by atoms with Gasteiger partial charge in [-0.2, -0.15) is 0 Å². The average molecular weight is 156 g/mol. The van der Waals surface area contributed by atoms with E-state index in [1.165, 1.54) is 0 Å². The summed E-state index contributed by atoms with van der Waals surface area (Å²) in [6.07, 6.45) is 1.07. The molecule has 1 amide bonds. The molecule has 0 saturated heterocycles. The molecule has 0 heterocycles. The van der Waals surface area contributed by atoms with Gasteiger partial charge in [0.05, 0.1) is 0 Å². The van der Waals surface area contributed by atoms with Gasteiger partial charge in [0.1, 0.15) is 0 Å². The Kier molecular flexibility index (Phi) is 2.88. The van der Waals surface area contributed by atoms with Crippen LogP contribution in [0.15, 0.2) is 0 Å². The molecule has 3 nitrogen and oxygen atoms in total. The highest BCUT2D eigenvalue weighted by Crippen LogP contribution is 2.37. The molecule has 0 aromatic rings. The fourth-order valence-electron chi connectivity index (χ4n) is 1.13. The molecule has 1 aliphatic carbocycles. The van der Waals surface area contributed by atoms with E-state index < -0.39 is 0 Å². The largest absolute Gasteiger partial charge is 0.355 e. The number of rotatable bonds is 4. The van der Waals surface area contributed by atoms with E-state index >= 15 is 0 Å². The summed E-state index contributed by atoms with van der Waals surface area (Å²) in [6, 6.07) is 0. The Balaban J connectivity index is 2.03. The highest BCUT2D eigenvalue weighted by Gasteiger charge is 2.38. The molecule has 11 heavy (non-hydrogen) atoms. The molecule has 0 aromatic heterocycles. The van der Waals surface area contributed by atoms with E-state index in [4.69, 9.17) is 0 Å². The molecule has 0 bridgehead atoms. The van der Waals surface area contributed by atoms with Crippen molar-refractivity contribution in [1.82, 2.24) is 10.6 Å². The number of amides is 1. The van der Waals surface area contributed by atoms with Crippen molar-refractivity contribution in [2.24, 2.45) is 11.8 Å². The lowest BCUT2D eigenvalue weighted by Crippen LogP contribution is -2.31. The van der Waals surface area contributed by atoms with Crippen molar-refractivity contribution in [3.8, 4) is 0 Å². The molecular formula is C8H16N2O. The zero-order valence-corrected chi connectivity index (χ0v) is 7.18. The molecule has 0 radical (unpaired) electrons. The SMILES string of the molecule is CNCCNC(=O)C1CC1C. The first-order valence-electron chi connectivity index (χ1n) is 4.18. The second-order valence-electron chi connectivity index (χ2n) is 3.21. The van der Waals surface area contributed by atoms with E-state index in [0.717, 1.165) is 19.5 Å². The van der Waals surface area contributed by atoms with E-state index in [1.807, 2.05) is 7.05 Å². The summed E-state index contributed by atoms with van der Waals surface area (Å²) in [7, 11) is 1.88. The van der Waals surface area contributed by atoms with Gasteiger partial charge in [-0.1, -0.05) is 6.92 Å². The third-order valence-electron chi connectivity index (χ3n) is 2.12. The quantitative estimate of drug-likeness (QED) is 0.562. The minimum Gasteiger partial charge on any atom is -0.355 e. The smallest absolute Gasteiger partial charge is 0.223 e. The summed E-state index contributed by atoms with van der Waals surface area (Å²) < 4.78 is 0. The number of hydrogen-bond donors (Lipinski definition) is 2. The standard InChI is InChI=1S/C8H16N2O/c1-6-5-7(6)8(11)10-4-3-9-2/h6-7,9H,3-5H2,1-2H3,(H,10,11). The Morgan fingerprint density at radius 2 is 2.18 bits per heavy atom. The molecule has 1 aliphatic rings. The molecular weight excluding hydrogens is 140 g/mol. The normalized spacial score (nSPS) is 28.2. The van der Waals surface area contributed by atoms with Crippen molar-refractivity contribution in [2.75, 3.05) is 20.1 Å². The van der Waals surface area contributed by atoms with Crippen LogP contribution in [-0.2, 0) is 4.79 Å². The number of carbonyl (C=O) groups excluding carboxylic acids is 1. The lowest BCUT2D eigenvalue weighted by Gasteiger charge is -2.02. The van der Waals surface area contributed by atoms with E-state index in [1.54, 1.807) is 0 Å². The zero-order valence-electron chi connectivity index (χ0n) is 7.18. The number of nitrogens with one attached hydrogen (secondary N) is 2. The molecule has 2 N–H and O–H groups in total. The van der Waals surface area contributed by atoms with Crippen molar-refractivity contribution >= 4 is 5.91 Å². The molecule has 1 rings (SSSR count). The van der Waals surface area contributed by atoms with E-state index in [2.05, 4.69) is 17.6 Å². The number of carbonyl (C=O) groups is 1. The Bertz CT molecular complexity index is 147. The molecule has 2 atom stereocenters. The van der Waals surface area contributed by atoms with Gasteiger partial charge in [-0.3, -0.25) is 4.79 Å². The number of likely N-dealkylation sites (N-methyl/N-ethyl adjacent to an activating group) is 1. The van der Waals surface area contributed by atoms with Gasteiger partial charge in [0.2, 0.25) is 5.91 Å². The van der Waals surface area contributed by atoms with E-state index in [-0.39, 0.29) is 5.91 Å². The van der Waals surface area contributed by atoms with Gasteiger partial charge in [0, 0.05) is 19.0 Å². The van der Waals surface area contributed by atoms with Crippen molar-refractivity contribution in [3.63, 3.8) is 0 Å². The van der Waals surface area contributed by atoms with Gasteiger partial charge in [0.15, 0.2) is 0 Å². The highest BCUT2D eigenvalue weighted by molar-refractivity contribution is 5.81. The predicted molar refractivity (Wildman–Crippen MR) is 44.2 cm³/mol. The third kappa shape index (κ3) is 2.50. The number of hydrogen-bond acceptors (Lipinski definition) is 2. The molecule has 2 unspecified atom stereocenters. The van der Waals surface area contributed by atoms with Gasteiger partial charge >= 0.3 is 0 Å². The van der Waals surface area contributed by atoms with Crippen LogP contribution in [0.1, 0.15) is 13.3 Å². The fraction of sp³-hybridized carbons (Fsp3) is 0.875. The zero-order chi connectivity index (χ0) is 8.27. The van der Waals surface area contributed by atoms with Crippen molar-refractivity contribution in [1.29, 1.82) is 0 Å². The molecule has 1 fully saturated rings. The lowest BCUT2D eigenvalue weighted by molar-refractivity contribution is -0.122. The van der Waals surface area contributed by atoms with Crippen molar-refractivity contribution in [2.45, 2.75) is 13.3 Å². The van der Waals surface area contributed by atoms with Gasteiger partial charge in [0.25, 0.3) is 0 Å². The van der Waals surface area contributed by atoms with Gasteiger partial charge in [-0.05, 0) is 19.4 Å². The maximum absolute atomic E-state index is 11.2. The summed E-state index contributed by atoms with van der Waals surface area (Å²) in [5.41, 5.74) is 0. The molecule has 0 aromatic carbocycles. The Labute approximate surface area is 67.5 Å². The Hall–Kier alpha value is -0.570. The van der Waals surface area contributed by atoms with Crippen molar-refractivity contribution < 1.29 is 4.79 Å². The van der Waals surface area contributed by atoms with Crippen LogP contribution >= 0.6 is 0 Å². The summed E-state index contributed by atoms with van der Waals surface area (Å²) >= 11 is 0. The van der Waals surface area contributed by atoms with Gasteiger partial charge in [-0.15, -0.1) is 0 Å². The van der Waals surface area contributed by atoms with Crippen molar-refractivity contribution in [3.05, 3.63) is 0 Å². The van der Waals surface area contributed by atoms with Crippen LogP contribution in [0.25, 0.3) is 0 Å². The summed E-state index contributed by atoms with van der Waals surface area (Å²) in [4.78, 5) is 11.2. The second-order valence-corrected chi connectivity index (χ2v) is 3.21. The summed E-state index contributed by atoms with van der Waals surface area (Å²) in [5, 5.41) is 5.85. The van der Waals surface area contributed by atoms with Crippen LogP contribution in [0.3, 0.4) is 0 Å². The minimum atomic E-state index is 0.229. The average Bonchev–Trinajstić information content (AvgIpc) is 2.67. The molecule has 3 heteroatoms. The first-order valence-corrected chi connectivity index (χ1v) is 4.18. The molecule has 1 saturated carbocycles. The monoisotopic (exact) mass is 156 g/mol. The Morgan fingerprint density at radius 3 is 2.64 bits per heavy atom. The minimum absolute atomic E-state index is 0.229. The van der Waals surface area contributed by atoms with Gasteiger partial charge < -0.3 is 10.6 Å². The fourth-order valence-corrected chi connectivity index (χ4v) is 1.13. The van der Waals surface area contributed by atoms with Crippen LogP contribution in [0, 0.1) is 11.8 Å². The third-order valence-corrected chi connectivity index (χ3v) is 2.12. The maximum atomic E-state index is 11.2. The van der Waals surface area contributed by atoms with Crippen LogP contribution < -0.4 is 10.6 Å². The van der Waals surface area contributed by atoms with E-state index in [9.17, 15) is 4.79 Å². The first kappa shape index (κ1) is 8.53. The second kappa shape index (κ2) is 3.72. The molecule has 0 spiro atoms. The highest BCUT2D eigenvalue weighted by atomic mass is 16.2. The van der Waals surface area contributed by atoms with E-state index in [0.29, 0.717) is 11.8 Å². The first-order chi connectivity index (χ1) is 5.25. The summed E-state index contributed by atoms with van der Waals surface area (Å²) in [5.74, 6) is 1.16. The molecule has 64 valence electrons. The Morgan fingerprint density at radius 1 is 1.55 bits per heavy atom. The van der Waals surface area contributed by atoms with Gasteiger partial charge in [-0.25, -0.2) is 0 Å². The molecule has 0 aliphatic heterocycles. The van der Waals surface area contributed by atoms with Crippen LogP contribution in [0.5, 0.6) is 0 Å². The van der Waals surface area contributed by atoms with Crippen LogP contribution in [0.2, 0.25) is 0 Å². The summed E-state index contributed by atoms with van der Waals surface area (Å²) in [6.45, 7) is 3.72. The maximum Gasteiger partial charge on any atom is 0.223 e. The van der Waals surface area contributed by atoms with Crippen LogP contribution in [0.4, 0.5) is 0 Å². The van der Waals surface area contributed by atoms with Crippen LogP contribution in [-0.4, -0.2) is 26.0 Å². The predicted octanol–water partition coefficient (Wildman–Crippen LogP) is -0.0220. The lowest BCUT2D eigenvalue weighted by atomic mass is 10.3. The topological polar surface area (TPSA) is 41.1 Å².